The molecular weight excluding hydrogens is 276 g/mol. The number of aromatic nitrogens is 1. The maximum atomic E-state index is 12.2. The van der Waals surface area contributed by atoms with Crippen molar-refractivity contribution in [3.8, 4) is 0 Å². The standard InChI is InChI=1S/C14H20N2O5/c1-20-9-10-7-11(16-21-10)13(19)15-14(8-12(17)18)5-3-2-4-6-14/h7H,2-6,8-9H2,1H3,(H,15,19)(H,17,18). The van der Waals surface area contributed by atoms with Gasteiger partial charge in [-0.15, -0.1) is 0 Å². The van der Waals surface area contributed by atoms with Crippen molar-refractivity contribution in [2.45, 2.75) is 50.7 Å². The monoisotopic (exact) mass is 296 g/mol. The molecule has 1 fully saturated rings. The SMILES string of the molecule is COCc1cc(C(=O)NC2(CC(=O)O)CCCCC2)no1. The molecule has 0 atom stereocenters. The van der Waals surface area contributed by atoms with Crippen molar-refractivity contribution < 1.29 is 24.0 Å². The predicted octanol–water partition coefficient (Wildman–Crippen LogP) is 1.73. The van der Waals surface area contributed by atoms with E-state index in [1.807, 2.05) is 0 Å². The maximum absolute atomic E-state index is 12.2. The van der Waals surface area contributed by atoms with Crippen molar-refractivity contribution >= 4 is 11.9 Å². The van der Waals surface area contributed by atoms with Gasteiger partial charge in [0.2, 0.25) is 0 Å². The number of carboxylic acids is 1. The lowest BCUT2D eigenvalue weighted by molar-refractivity contribution is -0.139. The zero-order valence-electron chi connectivity index (χ0n) is 12.1. The van der Waals surface area contributed by atoms with Crippen molar-refractivity contribution in [1.29, 1.82) is 0 Å². The van der Waals surface area contributed by atoms with Gasteiger partial charge in [0.05, 0.1) is 12.0 Å². The molecule has 116 valence electrons. The van der Waals surface area contributed by atoms with Crippen LogP contribution >= 0.6 is 0 Å². The number of rotatable bonds is 6. The summed E-state index contributed by atoms with van der Waals surface area (Å²) in [6.45, 7) is 0.237. The van der Waals surface area contributed by atoms with Gasteiger partial charge in [-0.05, 0) is 12.8 Å². The fourth-order valence-electron chi connectivity index (χ4n) is 2.80. The van der Waals surface area contributed by atoms with Gasteiger partial charge >= 0.3 is 5.97 Å². The Hall–Kier alpha value is -1.89. The van der Waals surface area contributed by atoms with Gasteiger partial charge in [0.25, 0.3) is 5.91 Å². The van der Waals surface area contributed by atoms with Crippen LogP contribution < -0.4 is 5.32 Å². The highest BCUT2D eigenvalue weighted by Crippen LogP contribution is 2.31. The summed E-state index contributed by atoms with van der Waals surface area (Å²) in [5.41, 5.74) is -0.529. The van der Waals surface area contributed by atoms with Gasteiger partial charge in [-0.25, -0.2) is 0 Å². The first-order chi connectivity index (χ1) is 10.0. The molecule has 7 nitrogen and oxygen atoms in total. The topological polar surface area (TPSA) is 102 Å². The minimum Gasteiger partial charge on any atom is -0.481 e. The Morgan fingerprint density at radius 2 is 2.14 bits per heavy atom. The first-order valence-corrected chi connectivity index (χ1v) is 7.03. The first-order valence-electron chi connectivity index (χ1n) is 7.03. The Kier molecular flexibility index (Phi) is 4.95. The number of nitrogens with one attached hydrogen (secondary N) is 1. The molecular formula is C14H20N2O5. The molecule has 1 aliphatic rings. The molecule has 1 aromatic rings. The molecule has 0 spiro atoms. The summed E-state index contributed by atoms with van der Waals surface area (Å²) < 4.78 is 9.88. The highest BCUT2D eigenvalue weighted by Gasteiger charge is 2.36. The second-order valence-electron chi connectivity index (χ2n) is 5.48. The van der Waals surface area contributed by atoms with E-state index in [1.165, 1.54) is 13.2 Å². The number of carbonyl (C=O) groups excluding carboxylic acids is 1. The smallest absolute Gasteiger partial charge is 0.305 e. The summed E-state index contributed by atoms with van der Waals surface area (Å²) >= 11 is 0. The van der Waals surface area contributed by atoms with Gasteiger partial charge in [-0.3, -0.25) is 9.59 Å². The molecule has 21 heavy (non-hydrogen) atoms. The molecule has 2 rings (SSSR count). The van der Waals surface area contributed by atoms with Crippen LogP contribution in [0.25, 0.3) is 0 Å². The fourth-order valence-corrected chi connectivity index (χ4v) is 2.80. The Morgan fingerprint density at radius 3 is 2.76 bits per heavy atom. The third-order valence-electron chi connectivity index (χ3n) is 3.76. The van der Waals surface area contributed by atoms with Gasteiger partial charge in [0, 0.05) is 13.2 Å². The molecule has 0 bridgehead atoms. The quantitative estimate of drug-likeness (QED) is 0.829. The Labute approximate surface area is 122 Å². The molecule has 0 radical (unpaired) electrons. The van der Waals surface area contributed by atoms with Crippen LogP contribution in [0.5, 0.6) is 0 Å². The molecule has 0 unspecified atom stereocenters. The normalized spacial score (nSPS) is 17.4. The van der Waals surface area contributed by atoms with Crippen LogP contribution in [0.2, 0.25) is 0 Å². The minimum atomic E-state index is -0.905. The highest BCUT2D eigenvalue weighted by molar-refractivity contribution is 5.93. The number of carboxylic acid groups (broad SMARTS) is 1. The van der Waals surface area contributed by atoms with Crippen molar-refractivity contribution in [2.24, 2.45) is 0 Å². The van der Waals surface area contributed by atoms with Gasteiger partial charge in [0.15, 0.2) is 11.5 Å². The molecule has 1 aromatic heterocycles. The van der Waals surface area contributed by atoms with Crippen molar-refractivity contribution in [3.05, 3.63) is 17.5 Å². The second-order valence-corrected chi connectivity index (χ2v) is 5.48. The lowest BCUT2D eigenvalue weighted by atomic mass is 9.79. The van der Waals surface area contributed by atoms with Crippen molar-refractivity contribution in [2.75, 3.05) is 7.11 Å². The lowest BCUT2D eigenvalue weighted by Crippen LogP contribution is -2.51. The molecule has 1 aliphatic carbocycles. The van der Waals surface area contributed by atoms with Crippen LogP contribution in [-0.2, 0) is 16.1 Å². The van der Waals surface area contributed by atoms with E-state index in [1.54, 1.807) is 0 Å². The summed E-state index contributed by atoms with van der Waals surface area (Å²) in [6.07, 6.45) is 4.19. The van der Waals surface area contributed by atoms with Crippen LogP contribution in [0.4, 0.5) is 0 Å². The zero-order valence-corrected chi connectivity index (χ0v) is 12.1. The van der Waals surface area contributed by atoms with E-state index in [0.717, 1.165) is 19.3 Å². The summed E-state index contributed by atoms with van der Waals surface area (Å²) in [6, 6.07) is 1.51. The molecule has 7 heteroatoms. The molecule has 0 saturated heterocycles. The van der Waals surface area contributed by atoms with E-state index in [2.05, 4.69) is 10.5 Å². The Balaban J connectivity index is 2.07. The number of ether oxygens (including phenoxy) is 1. The Bertz CT molecular complexity index is 505. The van der Waals surface area contributed by atoms with E-state index in [4.69, 9.17) is 14.4 Å². The van der Waals surface area contributed by atoms with Gasteiger partial charge in [0.1, 0.15) is 6.61 Å². The second kappa shape index (κ2) is 6.71. The molecule has 0 aliphatic heterocycles. The van der Waals surface area contributed by atoms with Crippen LogP contribution in [0.1, 0.15) is 54.8 Å². The Morgan fingerprint density at radius 1 is 1.43 bits per heavy atom. The summed E-state index contributed by atoms with van der Waals surface area (Å²) in [5, 5.41) is 15.6. The fraction of sp³-hybridized carbons (Fsp3) is 0.643. The lowest BCUT2D eigenvalue weighted by Gasteiger charge is -2.36. The molecule has 1 heterocycles. The number of aliphatic carboxylic acids is 1. The largest absolute Gasteiger partial charge is 0.481 e. The number of hydrogen-bond acceptors (Lipinski definition) is 5. The number of amides is 1. The van der Waals surface area contributed by atoms with E-state index >= 15 is 0 Å². The van der Waals surface area contributed by atoms with Crippen LogP contribution in [-0.4, -0.2) is 34.8 Å². The number of methoxy groups -OCH3 is 1. The van der Waals surface area contributed by atoms with E-state index in [9.17, 15) is 9.59 Å². The van der Waals surface area contributed by atoms with E-state index < -0.39 is 17.4 Å². The van der Waals surface area contributed by atoms with E-state index in [-0.39, 0.29) is 18.7 Å². The van der Waals surface area contributed by atoms with Crippen molar-refractivity contribution in [1.82, 2.24) is 10.5 Å². The third-order valence-corrected chi connectivity index (χ3v) is 3.76. The van der Waals surface area contributed by atoms with Gasteiger partial charge < -0.3 is 19.7 Å². The third kappa shape index (κ3) is 4.04. The number of hydrogen-bond donors (Lipinski definition) is 2. The molecule has 0 aromatic carbocycles. The van der Waals surface area contributed by atoms with Crippen LogP contribution in [0.15, 0.2) is 10.6 Å². The summed E-state index contributed by atoms with van der Waals surface area (Å²) in [7, 11) is 1.52. The zero-order chi connectivity index (χ0) is 15.3. The summed E-state index contributed by atoms with van der Waals surface area (Å²) in [4.78, 5) is 23.3. The molecule has 2 N–H and O–H groups in total. The van der Waals surface area contributed by atoms with Crippen LogP contribution in [0, 0.1) is 0 Å². The van der Waals surface area contributed by atoms with E-state index in [0.29, 0.717) is 18.6 Å². The number of carbonyl (C=O) groups is 2. The number of nitrogens with zero attached hydrogens (tertiary/aromatic N) is 1. The maximum Gasteiger partial charge on any atom is 0.305 e. The predicted molar refractivity (Wildman–Crippen MR) is 72.8 cm³/mol. The van der Waals surface area contributed by atoms with Gasteiger partial charge in [-0.1, -0.05) is 24.4 Å². The highest BCUT2D eigenvalue weighted by atomic mass is 16.5. The average Bonchev–Trinajstić information content (AvgIpc) is 2.88. The first kappa shape index (κ1) is 15.5. The van der Waals surface area contributed by atoms with Gasteiger partial charge in [-0.2, -0.15) is 0 Å². The van der Waals surface area contributed by atoms with Crippen molar-refractivity contribution in [3.63, 3.8) is 0 Å². The molecule has 1 amide bonds. The minimum absolute atomic E-state index is 0.0679. The summed E-state index contributed by atoms with van der Waals surface area (Å²) in [5.74, 6) is -0.847. The van der Waals surface area contributed by atoms with Crippen LogP contribution in [0.3, 0.4) is 0 Å². The average molecular weight is 296 g/mol. The molecule has 1 saturated carbocycles.